The molecule has 0 fully saturated rings. The zero-order valence-corrected chi connectivity index (χ0v) is 15.5. The van der Waals surface area contributed by atoms with E-state index in [0.29, 0.717) is 0 Å². The summed E-state index contributed by atoms with van der Waals surface area (Å²) in [5, 5.41) is 14.0. The second kappa shape index (κ2) is 7.31. The molecule has 23 heavy (non-hydrogen) atoms. The molecule has 7 heteroatoms. The number of rotatable bonds is 6. The number of hydrogen-bond donors (Lipinski definition) is 0. The van der Waals surface area contributed by atoms with Gasteiger partial charge in [0.15, 0.2) is 11.0 Å². The van der Waals surface area contributed by atoms with Crippen molar-refractivity contribution < 1.29 is 0 Å². The van der Waals surface area contributed by atoms with E-state index in [-0.39, 0.29) is 0 Å². The third-order valence-corrected chi connectivity index (χ3v) is 5.10. The first-order valence-corrected chi connectivity index (χ1v) is 9.32. The second-order valence-corrected chi connectivity index (χ2v) is 6.91. The van der Waals surface area contributed by atoms with Gasteiger partial charge in [0, 0.05) is 29.5 Å². The maximum Gasteiger partial charge on any atom is 0.191 e. The summed E-state index contributed by atoms with van der Waals surface area (Å²) in [5.41, 5.74) is 2.28. The Kier molecular flexibility index (Phi) is 5.17. The molecule has 0 amide bonds. The third-order valence-electron chi connectivity index (χ3n) is 3.53. The van der Waals surface area contributed by atoms with Crippen LogP contribution in [0.15, 0.2) is 46.3 Å². The Bertz CT molecular complexity index is 778. The molecule has 0 bridgehead atoms. The number of hydrogen-bond acceptors (Lipinski definition) is 4. The number of thioether (sulfide) groups is 1. The molecular formula is C16H18BrN5S. The number of nitrogens with zero attached hydrogens (tertiary/aromatic N) is 5. The van der Waals surface area contributed by atoms with E-state index < -0.39 is 0 Å². The molecule has 2 heterocycles. The number of halogens is 1. The smallest absolute Gasteiger partial charge is 0.191 e. The summed E-state index contributed by atoms with van der Waals surface area (Å²) >= 11 is 5.17. The molecule has 1 aromatic carbocycles. The number of aryl methyl sites for hydroxylation is 1. The van der Waals surface area contributed by atoms with Gasteiger partial charge >= 0.3 is 0 Å². The van der Waals surface area contributed by atoms with Crippen LogP contribution in [0.1, 0.15) is 19.4 Å². The van der Waals surface area contributed by atoms with Crippen LogP contribution in [0.3, 0.4) is 0 Å². The summed E-state index contributed by atoms with van der Waals surface area (Å²) < 4.78 is 5.14. The van der Waals surface area contributed by atoms with Gasteiger partial charge in [0.05, 0.1) is 11.8 Å². The Labute approximate surface area is 148 Å². The lowest BCUT2D eigenvalue weighted by atomic mass is 10.2. The van der Waals surface area contributed by atoms with Crippen LogP contribution in [0.2, 0.25) is 0 Å². The normalized spacial score (nSPS) is 11.1. The van der Waals surface area contributed by atoms with Crippen LogP contribution in [0, 0.1) is 0 Å². The van der Waals surface area contributed by atoms with Crippen molar-refractivity contribution in [1.82, 2.24) is 24.5 Å². The van der Waals surface area contributed by atoms with Crippen molar-refractivity contribution in [3.05, 3.63) is 46.7 Å². The van der Waals surface area contributed by atoms with Gasteiger partial charge in [0.2, 0.25) is 0 Å². The molecule has 0 radical (unpaired) electrons. The Balaban J connectivity index is 1.79. The molecule has 5 nitrogen and oxygen atoms in total. The van der Waals surface area contributed by atoms with Gasteiger partial charge < -0.3 is 4.57 Å². The molecule has 0 atom stereocenters. The standard InChI is InChI=1S/C16H18BrN5S/c1-3-21-10-13(9-18-21)15-19-20-16(22(15)4-2)23-11-12-5-7-14(17)8-6-12/h5-10H,3-4,11H2,1-2H3. The van der Waals surface area contributed by atoms with Gasteiger partial charge in [-0.3, -0.25) is 4.68 Å². The van der Waals surface area contributed by atoms with Crippen molar-refractivity contribution >= 4 is 27.7 Å². The topological polar surface area (TPSA) is 48.5 Å². The molecular weight excluding hydrogens is 374 g/mol. The molecule has 0 aliphatic rings. The molecule has 0 aliphatic heterocycles. The maximum absolute atomic E-state index is 4.36. The molecule has 3 aromatic rings. The molecule has 0 aliphatic carbocycles. The van der Waals surface area contributed by atoms with E-state index in [2.05, 4.69) is 73.9 Å². The van der Waals surface area contributed by atoms with Crippen LogP contribution in [-0.4, -0.2) is 24.5 Å². The molecule has 0 spiro atoms. The monoisotopic (exact) mass is 391 g/mol. The lowest BCUT2D eigenvalue weighted by Crippen LogP contribution is -1.99. The summed E-state index contributed by atoms with van der Waals surface area (Å²) in [6, 6.07) is 8.36. The van der Waals surface area contributed by atoms with E-state index >= 15 is 0 Å². The van der Waals surface area contributed by atoms with Crippen molar-refractivity contribution in [2.75, 3.05) is 0 Å². The first-order valence-electron chi connectivity index (χ1n) is 7.54. The summed E-state index contributed by atoms with van der Waals surface area (Å²) in [5.74, 6) is 1.75. The first-order chi connectivity index (χ1) is 11.2. The van der Waals surface area contributed by atoms with Gasteiger partial charge in [-0.2, -0.15) is 5.10 Å². The van der Waals surface area contributed by atoms with Crippen LogP contribution < -0.4 is 0 Å². The Morgan fingerprint density at radius 3 is 2.52 bits per heavy atom. The van der Waals surface area contributed by atoms with Crippen molar-refractivity contribution in [1.29, 1.82) is 0 Å². The van der Waals surface area contributed by atoms with E-state index in [1.54, 1.807) is 11.8 Å². The summed E-state index contributed by atoms with van der Waals surface area (Å²) in [7, 11) is 0. The SMILES string of the molecule is CCn1cc(-c2nnc(SCc3ccc(Br)cc3)n2CC)cn1. The first kappa shape index (κ1) is 16.3. The average Bonchev–Trinajstić information content (AvgIpc) is 3.20. The second-order valence-electron chi connectivity index (χ2n) is 5.05. The Morgan fingerprint density at radius 2 is 1.87 bits per heavy atom. The van der Waals surface area contributed by atoms with Crippen LogP contribution in [-0.2, 0) is 18.8 Å². The Hall–Kier alpha value is -1.60. The van der Waals surface area contributed by atoms with Gasteiger partial charge in [-0.1, -0.05) is 39.8 Å². The van der Waals surface area contributed by atoms with Crippen LogP contribution in [0.4, 0.5) is 0 Å². The van der Waals surface area contributed by atoms with Crippen LogP contribution >= 0.6 is 27.7 Å². The van der Waals surface area contributed by atoms with Gasteiger partial charge in [-0.15, -0.1) is 10.2 Å². The van der Waals surface area contributed by atoms with Gasteiger partial charge in [-0.05, 0) is 31.5 Å². The number of aromatic nitrogens is 5. The molecule has 0 saturated carbocycles. The van der Waals surface area contributed by atoms with Crippen molar-refractivity contribution in [2.24, 2.45) is 0 Å². The maximum atomic E-state index is 4.36. The molecule has 0 N–H and O–H groups in total. The molecule has 0 saturated heterocycles. The average molecular weight is 392 g/mol. The van der Waals surface area contributed by atoms with E-state index in [4.69, 9.17) is 0 Å². The highest BCUT2D eigenvalue weighted by Gasteiger charge is 2.14. The third kappa shape index (κ3) is 3.67. The van der Waals surface area contributed by atoms with E-state index in [1.165, 1.54) is 5.56 Å². The lowest BCUT2D eigenvalue weighted by Gasteiger charge is -2.06. The summed E-state index contributed by atoms with van der Waals surface area (Å²) in [4.78, 5) is 0. The number of benzene rings is 1. The highest BCUT2D eigenvalue weighted by molar-refractivity contribution is 9.10. The lowest BCUT2D eigenvalue weighted by molar-refractivity contribution is 0.659. The minimum atomic E-state index is 0.836. The Morgan fingerprint density at radius 1 is 1.09 bits per heavy atom. The van der Waals surface area contributed by atoms with Gasteiger partial charge in [-0.25, -0.2) is 0 Å². The molecule has 120 valence electrons. The van der Waals surface area contributed by atoms with Gasteiger partial charge in [0.1, 0.15) is 0 Å². The van der Waals surface area contributed by atoms with E-state index in [0.717, 1.165) is 39.9 Å². The molecule has 2 aromatic heterocycles. The molecule has 0 unspecified atom stereocenters. The van der Waals surface area contributed by atoms with Gasteiger partial charge in [0.25, 0.3) is 0 Å². The highest BCUT2D eigenvalue weighted by Crippen LogP contribution is 2.26. The van der Waals surface area contributed by atoms with E-state index in [1.807, 2.05) is 17.1 Å². The van der Waals surface area contributed by atoms with E-state index in [9.17, 15) is 0 Å². The fraction of sp³-hybridized carbons (Fsp3) is 0.312. The quantitative estimate of drug-likeness (QED) is 0.589. The van der Waals surface area contributed by atoms with Crippen LogP contribution in [0.25, 0.3) is 11.4 Å². The minimum absolute atomic E-state index is 0.836. The fourth-order valence-electron chi connectivity index (χ4n) is 2.27. The largest absolute Gasteiger partial charge is 0.302 e. The zero-order valence-electron chi connectivity index (χ0n) is 13.1. The summed E-state index contributed by atoms with van der Waals surface area (Å²) in [6.45, 7) is 5.87. The summed E-state index contributed by atoms with van der Waals surface area (Å²) in [6.07, 6.45) is 3.86. The predicted octanol–water partition coefficient (Wildman–Crippen LogP) is 4.24. The molecule has 3 rings (SSSR count). The van der Waals surface area contributed by atoms with Crippen molar-refractivity contribution in [2.45, 2.75) is 37.8 Å². The van der Waals surface area contributed by atoms with Crippen molar-refractivity contribution in [3.63, 3.8) is 0 Å². The van der Waals surface area contributed by atoms with Crippen LogP contribution in [0.5, 0.6) is 0 Å². The highest BCUT2D eigenvalue weighted by atomic mass is 79.9. The fourth-order valence-corrected chi connectivity index (χ4v) is 3.50. The van der Waals surface area contributed by atoms with Crippen molar-refractivity contribution in [3.8, 4) is 11.4 Å². The predicted molar refractivity (Wildman–Crippen MR) is 96.3 cm³/mol. The minimum Gasteiger partial charge on any atom is -0.302 e. The zero-order chi connectivity index (χ0) is 16.2.